The Morgan fingerprint density at radius 2 is 0.933 bits per heavy atom. The fourth-order valence-electron chi connectivity index (χ4n) is 3.53. The molecule has 0 bridgehead atoms. The van der Waals surface area contributed by atoms with Crippen LogP contribution in [0.2, 0.25) is 0 Å². The van der Waals surface area contributed by atoms with Crippen LogP contribution in [-0.2, 0) is 0 Å². The number of nitrogens with one attached hydrogen (secondary N) is 5. The van der Waals surface area contributed by atoms with Crippen molar-refractivity contribution >= 4 is 39.8 Å². The van der Waals surface area contributed by atoms with Gasteiger partial charge in [0.2, 0.25) is 0 Å². The maximum atomic E-state index is 9.43. The average Bonchev–Trinajstić information content (AvgIpc) is 2.81. The van der Waals surface area contributed by atoms with Crippen molar-refractivity contribution in [3.05, 3.63) is 0 Å². The third-order valence-electron chi connectivity index (χ3n) is 4.93. The number of benzene rings is 1. The summed E-state index contributed by atoms with van der Waals surface area (Å²) in [6.07, 6.45) is 0. The highest BCUT2D eigenvalue weighted by atomic mass is 15.2. The van der Waals surface area contributed by atoms with Crippen molar-refractivity contribution in [2.24, 2.45) is 4.99 Å². The molecule has 1 aromatic carbocycles. The Labute approximate surface area is 170 Å². The van der Waals surface area contributed by atoms with Gasteiger partial charge in [0.05, 0.1) is 58.8 Å². The predicted octanol–water partition coefficient (Wildman–Crippen LogP) is 0.844. The quantitative estimate of drug-likeness (QED) is 0.415. The minimum atomic E-state index is -1.02. The number of anilines is 5. The van der Waals surface area contributed by atoms with E-state index in [1.807, 2.05) is 36.4 Å². The van der Waals surface area contributed by atoms with Crippen LogP contribution >= 0.6 is 0 Å². The summed E-state index contributed by atoms with van der Waals surface area (Å²) in [6, 6.07) is 7.24. The lowest BCUT2D eigenvalue weighted by molar-refractivity contribution is 0.777. The Kier molecular flexibility index (Phi) is 4.11. The molecule has 0 fully saturated rings. The Morgan fingerprint density at radius 1 is 0.533 bits per heavy atom. The van der Waals surface area contributed by atoms with Crippen molar-refractivity contribution in [3.8, 4) is 36.4 Å². The summed E-state index contributed by atoms with van der Waals surface area (Å²) in [6.45, 7) is 0. The van der Waals surface area contributed by atoms with Crippen LogP contribution in [0.4, 0.5) is 34.1 Å². The van der Waals surface area contributed by atoms with Gasteiger partial charge in [0, 0.05) is 0 Å². The van der Waals surface area contributed by atoms with Gasteiger partial charge in [-0.3, -0.25) is 0 Å². The lowest BCUT2D eigenvalue weighted by atomic mass is 9.96. The molecule has 12 heteroatoms. The van der Waals surface area contributed by atoms with Gasteiger partial charge < -0.3 is 26.6 Å². The molecule has 12 nitrogen and oxygen atoms in total. The molecule has 0 saturated heterocycles. The lowest BCUT2D eigenvalue weighted by Crippen LogP contribution is -2.45. The molecule has 0 radical (unpaired) electrons. The van der Waals surface area contributed by atoms with Crippen LogP contribution in [0.25, 0.3) is 0 Å². The first-order valence-corrected chi connectivity index (χ1v) is 8.63. The molecular formula is C18H10N12. The second kappa shape index (κ2) is 6.77. The van der Waals surface area contributed by atoms with Gasteiger partial charge >= 0.3 is 0 Å². The second-order valence-corrected chi connectivity index (χ2v) is 6.54. The van der Waals surface area contributed by atoms with Crippen LogP contribution in [0.15, 0.2) is 4.99 Å². The third kappa shape index (κ3) is 2.44. The number of aliphatic imine (C=N–C) groups is 1. The van der Waals surface area contributed by atoms with Gasteiger partial charge in [-0.05, 0) is 0 Å². The van der Waals surface area contributed by atoms with Crippen LogP contribution in [-0.4, -0.2) is 35.9 Å². The van der Waals surface area contributed by atoms with Crippen LogP contribution in [0, 0.1) is 68.0 Å². The van der Waals surface area contributed by atoms with Crippen molar-refractivity contribution in [1.82, 2.24) is 0 Å². The number of nitrogens with zero attached hydrogens (tertiary/aromatic N) is 7. The fourth-order valence-corrected chi connectivity index (χ4v) is 3.53. The van der Waals surface area contributed by atoms with E-state index in [0.717, 1.165) is 0 Å². The summed E-state index contributed by atoms with van der Waals surface area (Å²) in [5, 5.41) is 71.3. The van der Waals surface area contributed by atoms with Gasteiger partial charge in [-0.25, -0.2) is 4.99 Å². The van der Waals surface area contributed by atoms with E-state index in [9.17, 15) is 31.6 Å². The second-order valence-electron chi connectivity index (χ2n) is 6.54. The Hall–Kier alpha value is -5.17. The minimum Gasteiger partial charge on any atom is -0.364 e. The molecule has 30 heavy (non-hydrogen) atoms. The zero-order valence-corrected chi connectivity index (χ0v) is 15.0. The number of rotatable bonds is 0. The molecule has 5 unspecified atom stereocenters. The SMILES string of the molecule is N#CC1=Nc2c3c(c4c(c2NC1C#N)NC(C#N)C(C#N)N4)NC(C#N)C(C#N)N3. The maximum Gasteiger partial charge on any atom is 0.167 e. The molecule has 0 aliphatic carbocycles. The molecular weight excluding hydrogens is 384 g/mol. The summed E-state index contributed by atoms with van der Waals surface area (Å²) in [4.78, 5) is 4.31. The molecule has 0 spiro atoms. The van der Waals surface area contributed by atoms with E-state index >= 15 is 0 Å². The van der Waals surface area contributed by atoms with E-state index in [1.165, 1.54) is 0 Å². The predicted molar refractivity (Wildman–Crippen MR) is 104 cm³/mol. The molecule has 142 valence electrons. The van der Waals surface area contributed by atoms with E-state index in [0.29, 0.717) is 28.4 Å². The van der Waals surface area contributed by atoms with Crippen LogP contribution < -0.4 is 26.6 Å². The Balaban J connectivity index is 2.02. The van der Waals surface area contributed by atoms with Crippen LogP contribution in [0.1, 0.15) is 0 Å². The summed E-state index contributed by atoms with van der Waals surface area (Å²) < 4.78 is 0. The van der Waals surface area contributed by atoms with Crippen molar-refractivity contribution in [1.29, 1.82) is 31.6 Å². The van der Waals surface area contributed by atoms with Crippen LogP contribution in [0.3, 0.4) is 0 Å². The smallest absolute Gasteiger partial charge is 0.167 e. The molecule has 0 amide bonds. The van der Waals surface area contributed by atoms with E-state index in [2.05, 4.69) is 31.6 Å². The first-order chi connectivity index (χ1) is 14.6. The highest BCUT2D eigenvalue weighted by molar-refractivity contribution is 6.17. The Morgan fingerprint density at radius 3 is 1.33 bits per heavy atom. The van der Waals surface area contributed by atoms with Crippen LogP contribution in [0.5, 0.6) is 0 Å². The van der Waals surface area contributed by atoms with E-state index in [-0.39, 0.29) is 11.4 Å². The van der Waals surface area contributed by atoms with Gasteiger partial charge in [-0.2, -0.15) is 31.6 Å². The molecule has 1 aromatic rings. The lowest BCUT2D eigenvalue weighted by Gasteiger charge is -2.38. The van der Waals surface area contributed by atoms with Crippen molar-refractivity contribution in [2.45, 2.75) is 30.2 Å². The third-order valence-corrected chi connectivity index (χ3v) is 4.93. The fraction of sp³-hybridized carbons (Fsp3) is 0.278. The summed E-state index contributed by atoms with van der Waals surface area (Å²) >= 11 is 0. The van der Waals surface area contributed by atoms with Crippen molar-refractivity contribution < 1.29 is 0 Å². The first-order valence-electron chi connectivity index (χ1n) is 8.63. The normalized spacial score (nSPS) is 27.0. The highest BCUT2D eigenvalue weighted by Crippen LogP contribution is 2.55. The van der Waals surface area contributed by atoms with Gasteiger partial charge in [0.15, 0.2) is 11.8 Å². The van der Waals surface area contributed by atoms with Crippen molar-refractivity contribution in [2.75, 3.05) is 26.6 Å². The zero-order chi connectivity index (χ0) is 21.4. The molecule has 3 aliphatic heterocycles. The Bertz CT molecular complexity index is 1240. The number of fused-ring (bicyclic) bond motifs is 6. The largest absolute Gasteiger partial charge is 0.364 e. The average molecular weight is 394 g/mol. The zero-order valence-electron chi connectivity index (χ0n) is 15.0. The number of hydrogen-bond acceptors (Lipinski definition) is 12. The van der Waals surface area contributed by atoms with E-state index < -0.39 is 30.2 Å². The molecule has 3 aliphatic rings. The summed E-state index contributed by atoms with van der Waals surface area (Å²) in [7, 11) is 0. The molecule has 0 aromatic heterocycles. The van der Waals surface area contributed by atoms with Gasteiger partial charge in [-0.15, -0.1) is 0 Å². The minimum absolute atomic E-state index is 0.0691. The topological polar surface area (TPSA) is 215 Å². The van der Waals surface area contributed by atoms with E-state index in [1.54, 1.807) is 0 Å². The molecule has 3 heterocycles. The maximum absolute atomic E-state index is 9.43. The molecule has 5 N–H and O–H groups in total. The monoisotopic (exact) mass is 394 g/mol. The van der Waals surface area contributed by atoms with Crippen molar-refractivity contribution in [3.63, 3.8) is 0 Å². The molecule has 4 rings (SSSR count). The van der Waals surface area contributed by atoms with E-state index in [4.69, 9.17) is 0 Å². The molecule has 5 atom stereocenters. The van der Waals surface area contributed by atoms with Gasteiger partial charge in [-0.1, -0.05) is 0 Å². The summed E-state index contributed by atoms with van der Waals surface area (Å²) in [5.41, 5.74) is 1.96. The standard InChI is InChI=1S/C18H10N12/c19-1-7-8(2-20)26-14-13(25-7)15-17(29-10(4-22)9(3-21)27-15)18-16(14)28-11(5-23)12(6-24)30-18/h7-11,25-29H. The van der Waals surface area contributed by atoms with Gasteiger partial charge in [0.25, 0.3) is 0 Å². The molecule has 0 saturated carbocycles. The first kappa shape index (κ1) is 18.2. The van der Waals surface area contributed by atoms with Gasteiger partial charge in [0.1, 0.15) is 35.9 Å². The number of nitriles is 6. The number of hydrogen-bond donors (Lipinski definition) is 5. The summed E-state index contributed by atoms with van der Waals surface area (Å²) in [5.74, 6) is 0. The highest BCUT2D eigenvalue weighted by Gasteiger charge is 2.40.